The third kappa shape index (κ3) is 5.22. The van der Waals surface area contributed by atoms with E-state index in [1.165, 1.54) is 12.5 Å². The highest BCUT2D eigenvalue weighted by molar-refractivity contribution is 5.83. The first-order chi connectivity index (χ1) is 13.0. The Labute approximate surface area is 156 Å². The number of urea groups is 1. The molecular weight excluding hydrogens is 350 g/mol. The molecule has 0 radical (unpaired) electrons. The van der Waals surface area contributed by atoms with Crippen LogP contribution in [0.25, 0.3) is 11.0 Å². The Kier molecular flexibility index (Phi) is 5.95. The summed E-state index contributed by atoms with van der Waals surface area (Å²) >= 11 is 0. The van der Waals surface area contributed by atoms with Crippen molar-refractivity contribution in [3.63, 3.8) is 0 Å². The van der Waals surface area contributed by atoms with Crippen molar-refractivity contribution >= 4 is 22.9 Å². The number of nitrogens with one attached hydrogen (secondary N) is 3. The van der Waals surface area contributed by atoms with E-state index in [0.717, 1.165) is 36.6 Å². The number of hydrazine groups is 1. The normalized spacial score (nSPS) is 14.6. The van der Waals surface area contributed by atoms with E-state index < -0.39 is 17.6 Å². The van der Waals surface area contributed by atoms with E-state index in [-0.39, 0.29) is 12.6 Å². The number of hydrogen-bond acceptors (Lipinski definition) is 5. The quantitative estimate of drug-likeness (QED) is 0.562. The average molecular weight is 373 g/mol. The molecule has 144 valence electrons. The maximum atomic E-state index is 11.8. The van der Waals surface area contributed by atoms with Crippen molar-refractivity contribution in [2.24, 2.45) is 0 Å². The maximum absolute atomic E-state index is 11.8. The summed E-state index contributed by atoms with van der Waals surface area (Å²) in [6.07, 6.45) is 5.34. The summed E-state index contributed by atoms with van der Waals surface area (Å²) in [5.74, 6) is -0.113. The third-order valence-electron chi connectivity index (χ3n) is 4.55. The van der Waals surface area contributed by atoms with Crippen molar-refractivity contribution < 1.29 is 18.7 Å². The first-order valence-electron chi connectivity index (χ1n) is 9.04. The van der Waals surface area contributed by atoms with Gasteiger partial charge < -0.3 is 14.5 Å². The van der Waals surface area contributed by atoms with Crippen LogP contribution in [-0.2, 0) is 4.79 Å². The van der Waals surface area contributed by atoms with Crippen LogP contribution < -0.4 is 26.5 Å². The van der Waals surface area contributed by atoms with E-state index in [4.69, 9.17) is 9.15 Å². The smallest absolute Gasteiger partial charge is 0.336 e. The van der Waals surface area contributed by atoms with Crippen molar-refractivity contribution in [3.05, 3.63) is 40.2 Å². The Hall–Kier alpha value is -3.03. The summed E-state index contributed by atoms with van der Waals surface area (Å²) in [5.41, 5.74) is 5.37. The lowest BCUT2D eigenvalue weighted by molar-refractivity contribution is -0.123. The van der Waals surface area contributed by atoms with Gasteiger partial charge in [-0.1, -0.05) is 19.3 Å². The molecule has 0 spiro atoms. The second kappa shape index (κ2) is 8.57. The molecule has 1 heterocycles. The summed E-state index contributed by atoms with van der Waals surface area (Å²) in [6, 6.07) is 6.14. The molecule has 8 heteroatoms. The molecule has 0 saturated heterocycles. The average Bonchev–Trinajstić information content (AvgIpc) is 2.65. The number of carbonyl (C=O) groups excluding carboxylic acids is 2. The Morgan fingerprint density at radius 2 is 1.93 bits per heavy atom. The van der Waals surface area contributed by atoms with Crippen molar-refractivity contribution in [1.29, 1.82) is 0 Å². The number of aryl methyl sites for hydroxylation is 1. The Balaban J connectivity index is 1.46. The Morgan fingerprint density at radius 1 is 1.15 bits per heavy atom. The van der Waals surface area contributed by atoms with Crippen LogP contribution in [0, 0.1) is 6.92 Å². The molecule has 3 rings (SSSR count). The number of amides is 3. The lowest BCUT2D eigenvalue weighted by atomic mass is 9.96. The van der Waals surface area contributed by atoms with Gasteiger partial charge in [0.1, 0.15) is 11.3 Å². The number of carbonyl (C=O) groups is 2. The molecule has 2 aromatic rings. The summed E-state index contributed by atoms with van der Waals surface area (Å²) in [6.45, 7) is 1.53. The molecule has 1 aliphatic carbocycles. The minimum Gasteiger partial charge on any atom is -0.484 e. The fourth-order valence-electron chi connectivity index (χ4n) is 3.17. The molecule has 1 aromatic carbocycles. The molecule has 1 aromatic heterocycles. The van der Waals surface area contributed by atoms with Crippen LogP contribution in [0.3, 0.4) is 0 Å². The number of fused-ring (bicyclic) bond motifs is 1. The minimum absolute atomic E-state index is 0.155. The summed E-state index contributed by atoms with van der Waals surface area (Å²) in [4.78, 5) is 35.1. The van der Waals surface area contributed by atoms with E-state index in [9.17, 15) is 14.4 Å². The molecule has 3 amide bonds. The van der Waals surface area contributed by atoms with Gasteiger partial charge in [-0.05, 0) is 37.5 Å². The van der Waals surface area contributed by atoms with Gasteiger partial charge in [0.25, 0.3) is 5.91 Å². The first kappa shape index (κ1) is 18.8. The van der Waals surface area contributed by atoms with Crippen LogP contribution in [0.2, 0.25) is 0 Å². The Morgan fingerprint density at radius 3 is 2.70 bits per heavy atom. The van der Waals surface area contributed by atoms with Crippen molar-refractivity contribution in [2.75, 3.05) is 6.61 Å². The second-order valence-electron chi connectivity index (χ2n) is 6.68. The van der Waals surface area contributed by atoms with Gasteiger partial charge in [0.05, 0.1) is 0 Å². The van der Waals surface area contributed by atoms with Crippen molar-refractivity contribution in [3.8, 4) is 5.75 Å². The second-order valence-corrected chi connectivity index (χ2v) is 6.68. The largest absolute Gasteiger partial charge is 0.484 e. The van der Waals surface area contributed by atoms with E-state index in [1.54, 1.807) is 18.2 Å². The van der Waals surface area contributed by atoms with Gasteiger partial charge in [0.2, 0.25) is 0 Å². The highest BCUT2D eigenvalue weighted by atomic mass is 16.5. The van der Waals surface area contributed by atoms with E-state index in [1.807, 2.05) is 6.92 Å². The molecule has 0 aliphatic heterocycles. The lowest BCUT2D eigenvalue weighted by Gasteiger charge is -2.22. The van der Waals surface area contributed by atoms with Gasteiger partial charge in [0.15, 0.2) is 6.61 Å². The van der Waals surface area contributed by atoms with Crippen molar-refractivity contribution in [2.45, 2.75) is 45.1 Å². The van der Waals surface area contributed by atoms with Gasteiger partial charge >= 0.3 is 11.7 Å². The van der Waals surface area contributed by atoms with E-state index in [0.29, 0.717) is 11.3 Å². The van der Waals surface area contributed by atoms with Crippen LogP contribution >= 0.6 is 0 Å². The minimum atomic E-state index is -0.500. The zero-order valence-electron chi connectivity index (χ0n) is 15.2. The van der Waals surface area contributed by atoms with E-state index in [2.05, 4.69) is 16.2 Å². The molecule has 8 nitrogen and oxygen atoms in total. The fourth-order valence-corrected chi connectivity index (χ4v) is 3.17. The fraction of sp³-hybridized carbons (Fsp3) is 0.421. The highest BCUT2D eigenvalue weighted by Gasteiger charge is 2.15. The highest BCUT2D eigenvalue weighted by Crippen LogP contribution is 2.22. The van der Waals surface area contributed by atoms with Crippen LogP contribution in [0.5, 0.6) is 5.75 Å². The van der Waals surface area contributed by atoms with Crippen molar-refractivity contribution in [1.82, 2.24) is 16.2 Å². The molecule has 1 saturated carbocycles. The van der Waals surface area contributed by atoms with Crippen LogP contribution in [0.1, 0.15) is 37.7 Å². The number of ether oxygens (including phenoxy) is 1. The van der Waals surface area contributed by atoms with Gasteiger partial charge in [-0.15, -0.1) is 0 Å². The molecule has 0 bridgehead atoms. The number of benzene rings is 1. The predicted molar refractivity (Wildman–Crippen MR) is 99.4 cm³/mol. The van der Waals surface area contributed by atoms with Crippen LogP contribution in [0.4, 0.5) is 4.79 Å². The van der Waals surface area contributed by atoms with Crippen LogP contribution in [0.15, 0.2) is 33.5 Å². The third-order valence-corrected chi connectivity index (χ3v) is 4.55. The van der Waals surface area contributed by atoms with Gasteiger partial charge in [-0.25, -0.2) is 15.0 Å². The summed E-state index contributed by atoms with van der Waals surface area (Å²) in [7, 11) is 0. The molecule has 1 aliphatic rings. The zero-order chi connectivity index (χ0) is 19.2. The molecular formula is C19H23N3O5. The van der Waals surface area contributed by atoms with E-state index >= 15 is 0 Å². The topological polar surface area (TPSA) is 110 Å². The summed E-state index contributed by atoms with van der Waals surface area (Å²) in [5, 5.41) is 3.63. The van der Waals surface area contributed by atoms with Gasteiger partial charge in [-0.2, -0.15) is 0 Å². The monoisotopic (exact) mass is 373 g/mol. The lowest BCUT2D eigenvalue weighted by Crippen LogP contribution is -2.51. The molecule has 3 N–H and O–H groups in total. The Bertz CT molecular complexity index is 887. The number of rotatable bonds is 4. The molecule has 27 heavy (non-hydrogen) atoms. The SMILES string of the molecule is Cc1cc(=O)oc2cc(OCC(=O)NNC(=O)NC3CCCCC3)ccc12. The predicted octanol–water partition coefficient (Wildman–Crippen LogP) is 2.14. The van der Waals surface area contributed by atoms with Crippen LogP contribution in [-0.4, -0.2) is 24.6 Å². The van der Waals surface area contributed by atoms with Gasteiger partial charge in [0, 0.05) is 23.6 Å². The first-order valence-corrected chi connectivity index (χ1v) is 9.04. The van der Waals surface area contributed by atoms with Gasteiger partial charge in [-0.3, -0.25) is 10.2 Å². The zero-order valence-corrected chi connectivity index (χ0v) is 15.2. The molecule has 1 fully saturated rings. The maximum Gasteiger partial charge on any atom is 0.336 e. The number of hydrogen-bond donors (Lipinski definition) is 3. The molecule has 0 atom stereocenters. The standard InChI is InChI=1S/C19H23N3O5/c1-12-9-18(24)27-16-10-14(7-8-15(12)16)26-11-17(23)21-22-19(25)20-13-5-3-2-4-6-13/h7-10,13H,2-6,11H2,1H3,(H,21,23)(H2,20,22,25). The molecule has 0 unspecified atom stereocenters. The summed E-state index contributed by atoms with van der Waals surface area (Å²) < 4.78 is 10.5.